The van der Waals surface area contributed by atoms with Crippen LogP contribution in [-0.4, -0.2) is 10.9 Å². The number of benzene rings is 1. The number of carbonyl (C=O) groups excluding carboxylic acids is 1. The Bertz CT molecular complexity index is 663. The highest BCUT2D eigenvalue weighted by Gasteiger charge is 2.25. The zero-order valence-corrected chi connectivity index (χ0v) is 13.7. The number of rotatable bonds is 3. The van der Waals surface area contributed by atoms with Gasteiger partial charge in [0.1, 0.15) is 5.52 Å². The highest BCUT2D eigenvalue weighted by atomic mass is 16.3. The van der Waals surface area contributed by atoms with Gasteiger partial charge in [-0.1, -0.05) is 41.5 Å². The quantitative estimate of drug-likeness (QED) is 0.904. The Hall–Kier alpha value is -1.84. The van der Waals surface area contributed by atoms with Crippen LogP contribution in [0.2, 0.25) is 0 Å². The van der Waals surface area contributed by atoms with E-state index in [1.165, 1.54) is 0 Å². The van der Waals surface area contributed by atoms with Crippen LogP contribution < -0.4 is 5.32 Å². The number of carbonyl (C=O) groups is 1. The second-order valence-corrected chi connectivity index (χ2v) is 7.14. The molecule has 114 valence electrons. The van der Waals surface area contributed by atoms with Gasteiger partial charge in [-0.25, -0.2) is 4.98 Å². The molecule has 1 aromatic carbocycles. The van der Waals surface area contributed by atoms with Gasteiger partial charge in [0.05, 0.1) is 0 Å². The summed E-state index contributed by atoms with van der Waals surface area (Å²) >= 11 is 0. The van der Waals surface area contributed by atoms with Crippen molar-refractivity contribution in [2.24, 2.45) is 5.41 Å². The first kappa shape index (κ1) is 15.5. The van der Waals surface area contributed by atoms with Crippen molar-refractivity contribution in [3.8, 4) is 0 Å². The van der Waals surface area contributed by atoms with Crippen molar-refractivity contribution < 1.29 is 9.21 Å². The average molecular weight is 288 g/mol. The fourth-order valence-corrected chi connectivity index (χ4v) is 1.79. The highest BCUT2D eigenvalue weighted by molar-refractivity contribution is 5.96. The Morgan fingerprint density at radius 3 is 2.48 bits per heavy atom. The molecule has 0 unspecified atom stereocenters. The Morgan fingerprint density at radius 1 is 1.24 bits per heavy atom. The molecule has 1 aromatic heterocycles. The second kappa shape index (κ2) is 5.17. The van der Waals surface area contributed by atoms with Gasteiger partial charge in [0.25, 0.3) is 0 Å². The number of oxazole rings is 1. The summed E-state index contributed by atoms with van der Waals surface area (Å²) < 4.78 is 5.76. The van der Waals surface area contributed by atoms with Gasteiger partial charge in [0.15, 0.2) is 5.58 Å². The lowest BCUT2D eigenvalue weighted by Gasteiger charge is -2.21. The van der Waals surface area contributed by atoms with Crippen LogP contribution in [0.3, 0.4) is 0 Å². The van der Waals surface area contributed by atoms with Crippen molar-refractivity contribution in [3.05, 3.63) is 24.1 Å². The molecule has 4 heteroatoms. The maximum Gasteiger partial charge on any atom is 0.230 e. The van der Waals surface area contributed by atoms with Crippen LogP contribution in [0.4, 0.5) is 5.69 Å². The molecule has 1 amide bonds. The fraction of sp³-hybridized carbons (Fsp3) is 0.529. The summed E-state index contributed by atoms with van der Waals surface area (Å²) in [4.78, 5) is 16.7. The lowest BCUT2D eigenvalue weighted by molar-refractivity contribution is -0.124. The number of hydrogen-bond donors (Lipinski definition) is 1. The van der Waals surface area contributed by atoms with E-state index in [9.17, 15) is 4.79 Å². The lowest BCUT2D eigenvalue weighted by atomic mass is 9.89. The van der Waals surface area contributed by atoms with Gasteiger partial charge < -0.3 is 9.73 Å². The van der Waals surface area contributed by atoms with E-state index in [1.54, 1.807) is 0 Å². The molecule has 0 aliphatic carbocycles. The first-order valence-electron chi connectivity index (χ1n) is 7.36. The van der Waals surface area contributed by atoms with Crippen LogP contribution in [0.1, 0.15) is 53.9 Å². The van der Waals surface area contributed by atoms with E-state index >= 15 is 0 Å². The maximum atomic E-state index is 12.2. The number of nitrogens with one attached hydrogen (secondary N) is 1. The average Bonchev–Trinajstić information content (AvgIpc) is 2.81. The predicted molar refractivity (Wildman–Crippen MR) is 85.4 cm³/mol. The van der Waals surface area contributed by atoms with E-state index in [4.69, 9.17) is 4.42 Å². The van der Waals surface area contributed by atoms with Gasteiger partial charge >= 0.3 is 0 Å². The van der Waals surface area contributed by atoms with Crippen molar-refractivity contribution >= 4 is 22.7 Å². The van der Waals surface area contributed by atoms with Gasteiger partial charge in [-0.2, -0.15) is 0 Å². The summed E-state index contributed by atoms with van der Waals surface area (Å²) in [6.07, 6.45) is 0.791. The first-order chi connectivity index (χ1) is 9.63. The molecule has 0 saturated carbocycles. The van der Waals surface area contributed by atoms with Gasteiger partial charge in [-0.15, -0.1) is 0 Å². The van der Waals surface area contributed by atoms with E-state index in [2.05, 4.69) is 31.1 Å². The molecule has 0 fully saturated rings. The van der Waals surface area contributed by atoms with E-state index in [0.29, 0.717) is 5.89 Å². The largest absolute Gasteiger partial charge is 0.440 e. The molecule has 1 heterocycles. The number of aromatic nitrogens is 1. The molecule has 0 bridgehead atoms. The molecule has 2 aromatic rings. The van der Waals surface area contributed by atoms with Crippen LogP contribution in [0, 0.1) is 5.41 Å². The molecule has 0 spiro atoms. The lowest BCUT2D eigenvalue weighted by Crippen LogP contribution is -2.29. The molecule has 0 aliphatic rings. The van der Waals surface area contributed by atoms with Gasteiger partial charge in [-0.05, 0) is 24.6 Å². The first-order valence-corrected chi connectivity index (χ1v) is 7.36. The molecule has 4 nitrogen and oxygen atoms in total. The van der Waals surface area contributed by atoms with E-state index < -0.39 is 0 Å². The Balaban J connectivity index is 2.29. The second-order valence-electron chi connectivity index (χ2n) is 7.14. The fourth-order valence-electron chi connectivity index (χ4n) is 1.79. The minimum Gasteiger partial charge on any atom is -0.440 e. The van der Waals surface area contributed by atoms with Crippen molar-refractivity contribution in [1.82, 2.24) is 4.98 Å². The Labute approximate surface area is 125 Å². The molecule has 0 radical (unpaired) electrons. The summed E-state index contributed by atoms with van der Waals surface area (Å²) in [5.41, 5.74) is 1.75. The molecular weight excluding hydrogens is 264 g/mol. The Kier molecular flexibility index (Phi) is 3.83. The minimum atomic E-state index is -0.380. The zero-order chi connectivity index (χ0) is 15.8. The standard InChI is InChI=1S/C17H24N2O2/c1-7-17(5,6)14(20)18-11-8-9-13-12(10-11)19-15(21-13)16(2,3)4/h8-10H,7H2,1-6H3,(H,18,20). The molecule has 21 heavy (non-hydrogen) atoms. The van der Waals surface area contributed by atoms with Crippen LogP contribution in [0.15, 0.2) is 22.6 Å². The number of fused-ring (bicyclic) bond motifs is 1. The number of amides is 1. The number of hydrogen-bond acceptors (Lipinski definition) is 3. The minimum absolute atomic E-state index is 0.0175. The van der Waals surface area contributed by atoms with Gasteiger partial charge in [0, 0.05) is 16.5 Å². The SMILES string of the molecule is CCC(C)(C)C(=O)Nc1ccc2oc(C(C)(C)C)nc2c1. The summed E-state index contributed by atoms with van der Waals surface area (Å²) in [6, 6.07) is 5.56. The van der Waals surface area contributed by atoms with Crippen molar-refractivity contribution in [2.75, 3.05) is 5.32 Å². The van der Waals surface area contributed by atoms with Crippen LogP contribution in [0.25, 0.3) is 11.1 Å². The van der Waals surface area contributed by atoms with E-state index in [1.807, 2.05) is 39.0 Å². The van der Waals surface area contributed by atoms with Gasteiger partial charge in [0.2, 0.25) is 11.8 Å². The van der Waals surface area contributed by atoms with Crippen LogP contribution >= 0.6 is 0 Å². The molecular formula is C17H24N2O2. The third-order valence-corrected chi connectivity index (χ3v) is 3.79. The predicted octanol–water partition coefficient (Wildman–Crippen LogP) is 4.50. The molecule has 2 rings (SSSR count). The zero-order valence-electron chi connectivity index (χ0n) is 13.7. The molecule has 1 N–H and O–H groups in total. The third-order valence-electron chi connectivity index (χ3n) is 3.79. The third kappa shape index (κ3) is 3.26. The number of anilines is 1. The monoisotopic (exact) mass is 288 g/mol. The van der Waals surface area contributed by atoms with Crippen molar-refractivity contribution in [1.29, 1.82) is 0 Å². The summed E-state index contributed by atoms with van der Waals surface area (Å²) in [5, 5.41) is 2.95. The van der Waals surface area contributed by atoms with Gasteiger partial charge in [-0.3, -0.25) is 4.79 Å². The smallest absolute Gasteiger partial charge is 0.230 e. The summed E-state index contributed by atoms with van der Waals surface area (Å²) in [6.45, 7) is 12.1. The van der Waals surface area contributed by atoms with E-state index in [-0.39, 0.29) is 16.7 Å². The highest BCUT2D eigenvalue weighted by Crippen LogP contribution is 2.28. The Morgan fingerprint density at radius 2 is 1.90 bits per heavy atom. The van der Waals surface area contributed by atoms with E-state index in [0.717, 1.165) is 23.2 Å². The maximum absolute atomic E-state index is 12.2. The van der Waals surface area contributed by atoms with Crippen LogP contribution in [-0.2, 0) is 10.2 Å². The molecule has 0 saturated heterocycles. The normalized spacial score (nSPS) is 12.7. The summed E-state index contributed by atoms with van der Waals surface area (Å²) in [7, 11) is 0. The molecule has 0 atom stereocenters. The molecule has 0 aliphatic heterocycles. The van der Waals surface area contributed by atoms with Crippen molar-refractivity contribution in [2.45, 2.75) is 53.4 Å². The van der Waals surface area contributed by atoms with Crippen molar-refractivity contribution in [3.63, 3.8) is 0 Å². The summed E-state index contributed by atoms with van der Waals surface area (Å²) in [5.74, 6) is 0.721. The van der Waals surface area contributed by atoms with Crippen LogP contribution in [0.5, 0.6) is 0 Å². The number of nitrogens with zero attached hydrogens (tertiary/aromatic N) is 1. The topological polar surface area (TPSA) is 55.1 Å².